The first-order valence-electron chi connectivity index (χ1n) is 6.53. The van der Waals surface area contributed by atoms with Gasteiger partial charge in [-0.05, 0) is 12.3 Å². The SMILES string of the molecule is O=C(O)C1CSCCN1C(=O)NCCC1CCC1. The van der Waals surface area contributed by atoms with E-state index >= 15 is 0 Å². The van der Waals surface area contributed by atoms with Crippen molar-refractivity contribution >= 4 is 23.8 Å². The Bertz CT molecular complexity index is 320. The van der Waals surface area contributed by atoms with Crippen molar-refractivity contribution in [3.63, 3.8) is 0 Å². The number of aliphatic carboxylic acids is 1. The second-order valence-corrected chi connectivity index (χ2v) is 6.09. The van der Waals surface area contributed by atoms with Crippen LogP contribution in [0.25, 0.3) is 0 Å². The van der Waals surface area contributed by atoms with Gasteiger partial charge in [0, 0.05) is 24.6 Å². The molecule has 1 saturated carbocycles. The minimum absolute atomic E-state index is 0.220. The quantitative estimate of drug-likeness (QED) is 0.811. The molecule has 0 aromatic heterocycles. The lowest BCUT2D eigenvalue weighted by Crippen LogP contribution is -2.54. The third kappa shape index (κ3) is 3.31. The standard InChI is InChI=1S/C12H20N2O3S/c15-11(16)10-8-18-7-6-14(10)12(17)13-5-4-9-2-1-3-9/h9-10H,1-8H2,(H,13,17)(H,15,16). The molecule has 1 aliphatic heterocycles. The molecule has 1 saturated heterocycles. The largest absolute Gasteiger partial charge is 0.480 e. The van der Waals surface area contributed by atoms with E-state index in [1.54, 1.807) is 11.8 Å². The number of nitrogens with one attached hydrogen (secondary N) is 1. The summed E-state index contributed by atoms with van der Waals surface area (Å²) in [5, 5.41) is 11.9. The van der Waals surface area contributed by atoms with E-state index in [4.69, 9.17) is 5.11 Å². The van der Waals surface area contributed by atoms with Gasteiger partial charge in [-0.3, -0.25) is 0 Å². The third-order valence-corrected chi connectivity index (χ3v) is 4.75. The molecule has 6 heteroatoms. The van der Waals surface area contributed by atoms with Gasteiger partial charge in [0.05, 0.1) is 0 Å². The molecule has 0 aromatic rings. The van der Waals surface area contributed by atoms with Crippen LogP contribution in [0.3, 0.4) is 0 Å². The van der Waals surface area contributed by atoms with Crippen LogP contribution in [0.4, 0.5) is 4.79 Å². The first kappa shape index (κ1) is 13.5. The van der Waals surface area contributed by atoms with Crippen molar-refractivity contribution in [2.75, 3.05) is 24.6 Å². The molecule has 0 bridgehead atoms. The molecule has 2 fully saturated rings. The summed E-state index contributed by atoms with van der Waals surface area (Å²) >= 11 is 1.59. The van der Waals surface area contributed by atoms with E-state index in [1.165, 1.54) is 24.2 Å². The maximum atomic E-state index is 11.9. The summed E-state index contributed by atoms with van der Waals surface area (Å²) in [5.74, 6) is 1.17. The number of carbonyl (C=O) groups is 2. The summed E-state index contributed by atoms with van der Waals surface area (Å²) in [6.07, 6.45) is 4.87. The Labute approximate surface area is 111 Å². The maximum Gasteiger partial charge on any atom is 0.327 e. The number of nitrogens with zero attached hydrogens (tertiary/aromatic N) is 1. The lowest BCUT2D eigenvalue weighted by molar-refractivity contribution is -0.141. The number of hydrogen-bond acceptors (Lipinski definition) is 3. The highest BCUT2D eigenvalue weighted by Gasteiger charge is 2.32. The molecule has 1 heterocycles. The van der Waals surface area contributed by atoms with Crippen LogP contribution in [0.5, 0.6) is 0 Å². The van der Waals surface area contributed by atoms with E-state index in [0.29, 0.717) is 18.8 Å². The van der Waals surface area contributed by atoms with E-state index in [0.717, 1.165) is 18.1 Å². The highest BCUT2D eigenvalue weighted by Crippen LogP contribution is 2.28. The van der Waals surface area contributed by atoms with Gasteiger partial charge in [-0.25, -0.2) is 9.59 Å². The Morgan fingerprint density at radius 1 is 1.39 bits per heavy atom. The van der Waals surface area contributed by atoms with Crippen LogP contribution in [0.1, 0.15) is 25.7 Å². The molecule has 2 aliphatic rings. The smallest absolute Gasteiger partial charge is 0.327 e. The van der Waals surface area contributed by atoms with Crippen LogP contribution >= 0.6 is 11.8 Å². The fraction of sp³-hybridized carbons (Fsp3) is 0.833. The fourth-order valence-corrected chi connectivity index (χ4v) is 3.36. The summed E-state index contributed by atoms with van der Waals surface area (Å²) < 4.78 is 0. The first-order valence-corrected chi connectivity index (χ1v) is 7.69. The zero-order valence-corrected chi connectivity index (χ0v) is 11.2. The van der Waals surface area contributed by atoms with E-state index in [2.05, 4.69) is 5.32 Å². The Morgan fingerprint density at radius 3 is 2.78 bits per heavy atom. The monoisotopic (exact) mass is 272 g/mol. The van der Waals surface area contributed by atoms with Crippen LogP contribution < -0.4 is 5.32 Å². The third-order valence-electron chi connectivity index (χ3n) is 3.73. The summed E-state index contributed by atoms with van der Waals surface area (Å²) in [4.78, 5) is 24.5. The highest BCUT2D eigenvalue weighted by atomic mass is 32.2. The summed E-state index contributed by atoms with van der Waals surface area (Å²) in [6, 6.07) is -0.894. The van der Waals surface area contributed by atoms with Gasteiger partial charge in [-0.1, -0.05) is 19.3 Å². The molecule has 1 unspecified atom stereocenters. The van der Waals surface area contributed by atoms with Gasteiger partial charge < -0.3 is 15.3 Å². The molecule has 0 aromatic carbocycles. The van der Waals surface area contributed by atoms with Gasteiger partial charge in [0.2, 0.25) is 0 Å². The lowest BCUT2D eigenvalue weighted by atomic mass is 9.83. The molecule has 1 atom stereocenters. The topological polar surface area (TPSA) is 69.6 Å². The first-order chi connectivity index (χ1) is 8.68. The predicted octanol–water partition coefficient (Wildman–Crippen LogP) is 1.39. The van der Waals surface area contributed by atoms with Crippen molar-refractivity contribution in [1.29, 1.82) is 0 Å². The summed E-state index contributed by atoms with van der Waals surface area (Å²) in [6.45, 7) is 1.19. The molecule has 18 heavy (non-hydrogen) atoms. The molecule has 0 spiro atoms. The van der Waals surface area contributed by atoms with Crippen molar-refractivity contribution in [2.45, 2.75) is 31.7 Å². The number of urea groups is 1. The van der Waals surface area contributed by atoms with Crippen molar-refractivity contribution in [3.05, 3.63) is 0 Å². The number of hydrogen-bond donors (Lipinski definition) is 2. The summed E-state index contributed by atoms with van der Waals surface area (Å²) in [5.41, 5.74) is 0. The second kappa shape index (κ2) is 6.31. The van der Waals surface area contributed by atoms with Gasteiger partial charge in [0.15, 0.2) is 0 Å². The molecule has 102 valence electrons. The van der Waals surface area contributed by atoms with Gasteiger partial charge in [0.1, 0.15) is 6.04 Å². The van der Waals surface area contributed by atoms with Crippen molar-refractivity contribution in [1.82, 2.24) is 10.2 Å². The molecule has 2 rings (SSSR count). The van der Waals surface area contributed by atoms with Crippen LogP contribution in [0.15, 0.2) is 0 Å². The van der Waals surface area contributed by atoms with Gasteiger partial charge >= 0.3 is 12.0 Å². The number of carboxylic acid groups (broad SMARTS) is 1. The van der Waals surface area contributed by atoms with E-state index in [9.17, 15) is 9.59 Å². The van der Waals surface area contributed by atoms with Crippen LogP contribution in [0.2, 0.25) is 0 Å². The van der Waals surface area contributed by atoms with E-state index in [1.807, 2.05) is 0 Å². The second-order valence-electron chi connectivity index (χ2n) is 4.94. The Kier molecular flexibility index (Phi) is 4.74. The molecule has 0 radical (unpaired) electrons. The van der Waals surface area contributed by atoms with E-state index in [-0.39, 0.29) is 6.03 Å². The Balaban J connectivity index is 1.76. The predicted molar refractivity (Wildman–Crippen MR) is 70.8 cm³/mol. The van der Waals surface area contributed by atoms with Crippen molar-refractivity contribution in [2.24, 2.45) is 5.92 Å². The Morgan fingerprint density at radius 2 is 2.17 bits per heavy atom. The van der Waals surface area contributed by atoms with Gasteiger partial charge in [-0.2, -0.15) is 11.8 Å². The number of thioether (sulfide) groups is 1. The molecular weight excluding hydrogens is 252 g/mol. The van der Waals surface area contributed by atoms with Crippen LogP contribution in [0, 0.1) is 5.92 Å². The average molecular weight is 272 g/mol. The molecule has 2 amide bonds. The minimum atomic E-state index is -0.906. The van der Waals surface area contributed by atoms with Crippen molar-refractivity contribution in [3.8, 4) is 0 Å². The summed E-state index contributed by atoms with van der Waals surface area (Å²) in [7, 11) is 0. The van der Waals surface area contributed by atoms with Crippen molar-refractivity contribution < 1.29 is 14.7 Å². The van der Waals surface area contributed by atoms with Gasteiger partial charge in [-0.15, -0.1) is 0 Å². The molecule has 2 N–H and O–H groups in total. The zero-order chi connectivity index (χ0) is 13.0. The zero-order valence-electron chi connectivity index (χ0n) is 10.4. The molecule has 5 nitrogen and oxygen atoms in total. The fourth-order valence-electron chi connectivity index (χ4n) is 2.32. The number of amides is 2. The van der Waals surface area contributed by atoms with Gasteiger partial charge in [0.25, 0.3) is 0 Å². The number of rotatable bonds is 4. The number of carboxylic acids is 1. The normalized spacial score (nSPS) is 24.4. The number of carbonyl (C=O) groups excluding carboxylic acids is 1. The van der Waals surface area contributed by atoms with E-state index < -0.39 is 12.0 Å². The Hall–Kier alpha value is -0.910. The maximum absolute atomic E-state index is 11.9. The average Bonchev–Trinajstić information content (AvgIpc) is 2.32. The van der Waals surface area contributed by atoms with Crippen LogP contribution in [-0.4, -0.2) is 52.6 Å². The molecular formula is C12H20N2O3S. The highest BCUT2D eigenvalue weighted by molar-refractivity contribution is 7.99. The minimum Gasteiger partial charge on any atom is -0.480 e. The lowest BCUT2D eigenvalue weighted by Gasteiger charge is -2.33. The van der Waals surface area contributed by atoms with Crippen LogP contribution in [-0.2, 0) is 4.79 Å². The molecule has 1 aliphatic carbocycles.